The van der Waals surface area contributed by atoms with E-state index in [9.17, 15) is 5.11 Å². The minimum absolute atomic E-state index is 0.104. The molecule has 0 spiro atoms. The second kappa shape index (κ2) is 4.21. The predicted octanol–water partition coefficient (Wildman–Crippen LogP) is 1.30. The van der Waals surface area contributed by atoms with Crippen LogP contribution in [0.25, 0.3) is 0 Å². The van der Waals surface area contributed by atoms with E-state index in [0.29, 0.717) is 0 Å². The Morgan fingerprint density at radius 3 is 2.33 bits per heavy atom. The van der Waals surface area contributed by atoms with Gasteiger partial charge in [-0.15, -0.1) is 0 Å². The van der Waals surface area contributed by atoms with Crippen molar-refractivity contribution in [1.82, 2.24) is 0 Å². The highest BCUT2D eigenvalue weighted by Crippen LogP contribution is 2.39. The van der Waals surface area contributed by atoms with Crippen molar-refractivity contribution in [2.75, 3.05) is 14.2 Å². The van der Waals surface area contributed by atoms with E-state index in [1.165, 1.54) is 0 Å². The van der Waals surface area contributed by atoms with E-state index in [-0.39, 0.29) is 11.9 Å². The zero-order valence-electron chi connectivity index (χ0n) is 7.88. The maximum Gasteiger partial charge on any atom is 0.156 e. The van der Waals surface area contributed by atoms with E-state index in [2.05, 4.69) is 0 Å². The Morgan fingerprint density at radius 1 is 1.33 bits per heavy atom. The van der Waals surface area contributed by atoms with Crippen LogP contribution in [0, 0.1) is 0 Å². The maximum atomic E-state index is 9.51. The van der Waals surface area contributed by atoms with Gasteiger partial charge in [-0.05, 0) is 32.1 Å². The van der Waals surface area contributed by atoms with Gasteiger partial charge in [-0.1, -0.05) is 0 Å². The van der Waals surface area contributed by atoms with Gasteiger partial charge >= 0.3 is 0 Å². The standard InChI is InChI=1S/C9H18O3/c1-11-8(12-2)4-3-5-9(10)6-7-9/h8,10H,3-7H2,1-2H3. The molecule has 1 saturated carbocycles. The lowest BCUT2D eigenvalue weighted by Crippen LogP contribution is -2.14. The monoisotopic (exact) mass is 174 g/mol. The molecule has 0 aromatic rings. The van der Waals surface area contributed by atoms with Gasteiger partial charge in [-0.3, -0.25) is 0 Å². The average Bonchev–Trinajstić information content (AvgIpc) is 2.78. The van der Waals surface area contributed by atoms with Crippen LogP contribution in [0.1, 0.15) is 32.1 Å². The first-order chi connectivity index (χ1) is 5.70. The molecule has 0 heterocycles. The quantitative estimate of drug-likeness (QED) is 0.617. The largest absolute Gasteiger partial charge is 0.390 e. The molecule has 0 atom stereocenters. The average molecular weight is 174 g/mol. The van der Waals surface area contributed by atoms with Crippen LogP contribution in [0.4, 0.5) is 0 Å². The summed E-state index contributed by atoms with van der Waals surface area (Å²) < 4.78 is 10.1. The Kier molecular flexibility index (Phi) is 3.50. The molecule has 12 heavy (non-hydrogen) atoms. The van der Waals surface area contributed by atoms with Crippen LogP contribution in [0.5, 0.6) is 0 Å². The first kappa shape index (κ1) is 9.96. The van der Waals surface area contributed by atoms with E-state index in [1.54, 1.807) is 14.2 Å². The molecule has 0 unspecified atom stereocenters. The normalized spacial score (nSPS) is 20.0. The van der Waals surface area contributed by atoms with Crippen molar-refractivity contribution in [3.8, 4) is 0 Å². The topological polar surface area (TPSA) is 38.7 Å². The van der Waals surface area contributed by atoms with Gasteiger partial charge < -0.3 is 14.6 Å². The van der Waals surface area contributed by atoms with E-state index in [0.717, 1.165) is 32.1 Å². The van der Waals surface area contributed by atoms with Gasteiger partial charge in [0.15, 0.2) is 6.29 Å². The van der Waals surface area contributed by atoms with Crippen LogP contribution in [0.2, 0.25) is 0 Å². The summed E-state index contributed by atoms with van der Waals surface area (Å²) in [4.78, 5) is 0. The highest BCUT2D eigenvalue weighted by molar-refractivity contribution is 4.92. The van der Waals surface area contributed by atoms with Crippen molar-refractivity contribution in [3.05, 3.63) is 0 Å². The van der Waals surface area contributed by atoms with Gasteiger partial charge in [0.1, 0.15) is 0 Å². The number of aliphatic hydroxyl groups is 1. The van der Waals surface area contributed by atoms with Crippen LogP contribution < -0.4 is 0 Å². The fraction of sp³-hybridized carbons (Fsp3) is 1.00. The van der Waals surface area contributed by atoms with Gasteiger partial charge in [-0.25, -0.2) is 0 Å². The van der Waals surface area contributed by atoms with Gasteiger partial charge in [0, 0.05) is 14.2 Å². The van der Waals surface area contributed by atoms with Gasteiger partial charge in [0.2, 0.25) is 0 Å². The van der Waals surface area contributed by atoms with Crippen molar-refractivity contribution >= 4 is 0 Å². The summed E-state index contributed by atoms with van der Waals surface area (Å²) >= 11 is 0. The van der Waals surface area contributed by atoms with E-state index >= 15 is 0 Å². The minimum atomic E-state index is -0.327. The molecule has 0 aromatic carbocycles. The van der Waals surface area contributed by atoms with E-state index < -0.39 is 0 Å². The maximum absolute atomic E-state index is 9.51. The molecule has 0 bridgehead atoms. The number of rotatable bonds is 6. The Labute approximate surface area is 73.7 Å². The number of hydrogen-bond donors (Lipinski definition) is 1. The molecule has 1 fully saturated rings. The molecule has 0 amide bonds. The number of ether oxygens (including phenoxy) is 2. The molecular weight excluding hydrogens is 156 g/mol. The third kappa shape index (κ3) is 3.09. The Morgan fingerprint density at radius 2 is 1.92 bits per heavy atom. The van der Waals surface area contributed by atoms with Crippen molar-refractivity contribution in [1.29, 1.82) is 0 Å². The fourth-order valence-corrected chi connectivity index (χ4v) is 1.32. The summed E-state index contributed by atoms with van der Waals surface area (Å²) in [6.45, 7) is 0. The molecule has 72 valence electrons. The molecule has 1 rings (SSSR count). The van der Waals surface area contributed by atoms with Crippen molar-refractivity contribution in [2.45, 2.75) is 44.0 Å². The molecule has 1 aliphatic rings. The molecular formula is C9H18O3. The van der Waals surface area contributed by atoms with Crippen LogP contribution in [0.3, 0.4) is 0 Å². The molecule has 0 aliphatic heterocycles. The second-order valence-corrected chi connectivity index (χ2v) is 3.52. The fourth-order valence-electron chi connectivity index (χ4n) is 1.32. The van der Waals surface area contributed by atoms with Gasteiger partial charge in [0.05, 0.1) is 5.60 Å². The summed E-state index contributed by atoms with van der Waals surface area (Å²) in [5.74, 6) is 0. The molecule has 1 N–H and O–H groups in total. The molecule has 0 saturated heterocycles. The molecule has 1 aliphatic carbocycles. The zero-order valence-corrected chi connectivity index (χ0v) is 7.88. The lowest BCUT2D eigenvalue weighted by Gasteiger charge is -2.13. The SMILES string of the molecule is COC(CCCC1(O)CC1)OC. The summed E-state index contributed by atoms with van der Waals surface area (Å²) in [6.07, 6.45) is 4.57. The zero-order chi connectivity index (χ0) is 9.03. The van der Waals surface area contributed by atoms with Gasteiger partial charge in [-0.2, -0.15) is 0 Å². The molecule has 3 nitrogen and oxygen atoms in total. The Balaban J connectivity index is 2.00. The van der Waals surface area contributed by atoms with Crippen LogP contribution in [0.15, 0.2) is 0 Å². The molecule has 3 heteroatoms. The first-order valence-electron chi connectivity index (χ1n) is 4.48. The Bertz CT molecular complexity index is 128. The van der Waals surface area contributed by atoms with Crippen molar-refractivity contribution < 1.29 is 14.6 Å². The van der Waals surface area contributed by atoms with E-state index in [4.69, 9.17) is 9.47 Å². The van der Waals surface area contributed by atoms with Crippen LogP contribution in [-0.4, -0.2) is 31.2 Å². The van der Waals surface area contributed by atoms with Crippen LogP contribution >= 0.6 is 0 Å². The lowest BCUT2D eigenvalue weighted by atomic mass is 10.1. The van der Waals surface area contributed by atoms with Crippen molar-refractivity contribution in [2.24, 2.45) is 0 Å². The lowest BCUT2D eigenvalue weighted by molar-refractivity contribution is -0.108. The van der Waals surface area contributed by atoms with Gasteiger partial charge in [0.25, 0.3) is 0 Å². The Hall–Kier alpha value is -0.120. The highest BCUT2D eigenvalue weighted by atomic mass is 16.7. The number of methoxy groups -OCH3 is 2. The molecule has 0 radical (unpaired) electrons. The predicted molar refractivity (Wildman–Crippen MR) is 45.8 cm³/mol. The highest BCUT2D eigenvalue weighted by Gasteiger charge is 2.39. The summed E-state index contributed by atoms with van der Waals surface area (Å²) in [5, 5.41) is 9.51. The third-order valence-electron chi connectivity index (χ3n) is 2.43. The minimum Gasteiger partial charge on any atom is -0.390 e. The third-order valence-corrected chi connectivity index (χ3v) is 2.43. The smallest absolute Gasteiger partial charge is 0.156 e. The second-order valence-electron chi connectivity index (χ2n) is 3.52. The number of hydrogen-bond acceptors (Lipinski definition) is 3. The first-order valence-corrected chi connectivity index (χ1v) is 4.48. The van der Waals surface area contributed by atoms with E-state index in [1.807, 2.05) is 0 Å². The summed E-state index contributed by atoms with van der Waals surface area (Å²) in [6, 6.07) is 0. The summed E-state index contributed by atoms with van der Waals surface area (Å²) in [5.41, 5.74) is -0.327. The summed E-state index contributed by atoms with van der Waals surface area (Å²) in [7, 11) is 3.28. The molecule has 0 aromatic heterocycles. The van der Waals surface area contributed by atoms with Crippen molar-refractivity contribution in [3.63, 3.8) is 0 Å². The van der Waals surface area contributed by atoms with Crippen LogP contribution in [-0.2, 0) is 9.47 Å².